The zero-order valence-electron chi connectivity index (χ0n) is 22.4. The number of unbranched alkanes of at least 4 members (excludes halogenated alkanes) is 2. The number of amides is 1. The topological polar surface area (TPSA) is 88.5 Å². The molecule has 0 radical (unpaired) electrons. The van der Waals surface area contributed by atoms with Gasteiger partial charge >= 0.3 is 5.97 Å². The van der Waals surface area contributed by atoms with Crippen LogP contribution in [0.15, 0.2) is 42.5 Å². The predicted molar refractivity (Wildman–Crippen MR) is 147 cm³/mol. The first-order chi connectivity index (χ1) is 18.0. The zero-order chi connectivity index (χ0) is 26.4. The summed E-state index contributed by atoms with van der Waals surface area (Å²) in [5.74, 6) is 0.113. The number of likely N-dealkylation sites (tertiary alicyclic amines) is 1. The molecule has 0 aromatic heterocycles. The van der Waals surface area contributed by atoms with Gasteiger partial charge in [0.1, 0.15) is 5.75 Å². The lowest BCUT2D eigenvalue weighted by Gasteiger charge is -2.30. The Bertz CT molecular complexity index is 1070. The van der Waals surface area contributed by atoms with Crippen LogP contribution in [0.4, 0.5) is 0 Å². The van der Waals surface area contributed by atoms with Gasteiger partial charge in [-0.2, -0.15) is 0 Å². The number of methoxy groups -OCH3 is 1. The van der Waals surface area contributed by atoms with Crippen molar-refractivity contribution in [3.8, 4) is 17.2 Å². The largest absolute Gasteiger partial charge is 0.497 e. The van der Waals surface area contributed by atoms with Gasteiger partial charge in [0.15, 0.2) is 11.5 Å². The molecule has 1 unspecified atom stereocenters. The van der Waals surface area contributed by atoms with E-state index in [1.165, 1.54) is 0 Å². The number of ether oxygens (including phenoxy) is 3. The molecule has 38 heavy (non-hydrogen) atoms. The quantitative estimate of drug-likeness (QED) is 0.395. The summed E-state index contributed by atoms with van der Waals surface area (Å²) in [6, 6.07) is 12.7. The van der Waals surface area contributed by atoms with E-state index < -0.39 is 17.9 Å². The molecule has 2 aliphatic rings. The minimum absolute atomic E-state index is 0. The van der Waals surface area contributed by atoms with E-state index in [-0.39, 0.29) is 37.6 Å². The van der Waals surface area contributed by atoms with Crippen molar-refractivity contribution in [1.29, 1.82) is 0 Å². The van der Waals surface area contributed by atoms with Gasteiger partial charge in [0.25, 0.3) is 0 Å². The van der Waals surface area contributed by atoms with Crippen LogP contribution in [0.5, 0.6) is 17.2 Å². The number of carbonyl (C=O) groups is 2. The molecular weight excluding hydrogens is 508 g/mol. The highest BCUT2D eigenvalue weighted by Crippen LogP contribution is 2.47. The maximum atomic E-state index is 13.5. The van der Waals surface area contributed by atoms with Crippen molar-refractivity contribution in [2.45, 2.75) is 51.5 Å². The second-order valence-electron chi connectivity index (χ2n) is 9.82. The second kappa shape index (κ2) is 13.7. The maximum Gasteiger partial charge on any atom is 0.309 e. The minimum Gasteiger partial charge on any atom is -0.497 e. The molecule has 3 atom stereocenters. The van der Waals surface area contributed by atoms with Crippen molar-refractivity contribution in [2.24, 2.45) is 5.92 Å². The predicted octanol–water partition coefficient (Wildman–Crippen LogP) is 5.12. The number of hydrogen-bond acceptors (Lipinski definition) is 6. The van der Waals surface area contributed by atoms with Gasteiger partial charge in [-0.3, -0.25) is 14.5 Å². The highest BCUT2D eigenvalue weighted by molar-refractivity contribution is 5.85. The van der Waals surface area contributed by atoms with Crippen molar-refractivity contribution in [1.82, 2.24) is 9.80 Å². The van der Waals surface area contributed by atoms with Crippen molar-refractivity contribution in [3.05, 3.63) is 53.6 Å². The van der Waals surface area contributed by atoms with Gasteiger partial charge < -0.3 is 24.2 Å². The molecule has 1 N–H and O–H groups in total. The van der Waals surface area contributed by atoms with Gasteiger partial charge in [-0.05, 0) is 48.2 Å². The fourth-order valence-electron chi connectivity index (χ4n) is 5.41. The summed E-state index contributed by atoms with van der Waals surface area (Å²) >= 11 is 0. The third-order valence-corrected chi connectivity index (χ3v) is 7.42. The van der Waals surface area contributed by atoms with Gasteiger partial charge in [-0.25, -0.2) is 0 Å². The molecular formula is C29H39ClN2O6. The zero-order valence-corrected chi connectivity index (χ0v) is 23.2. The second-order valence-corrected chi connectivity index (χ2v) is 9.82. The average Bonchev–Trinajstić information content (AvgIpc) is 3.53. The number of nitrogens with zero attached hydrogens (tertiary/aromatic N) is 2. The Balaban J connectivity index is 0.00000400. The highest BCUT2D eigenvalue weighted by atomic mass is 35.5. The summed E-state index contributed by atoms with van der Waals surface area (Å²) in [7, 11) is 1.60. The molecule has 2 heterocycles. The van der Waals surface area contributed by atoms with Gasteiger partial charge in [-0.15, -0.1) is 12.4 Å². The van der Waals surface area contributed by atoms with Crippen LogP contribution >= 0.6 is 12.4 Å². The van der Waals surface area contributed by atoms with Crippen molar-refractivity contribution >= 4 is 24.3 Å². The van der Waals surface area contributed by atoms with Gasteiger partial charge in [-0.1, -0.05) is 44.9 Å². The molecule has 8 nitrogen and oxygen atoms in total. The van der Waals surface area contributed by atoms with Crippen LogP contribution in [0.1, 0.15) is 62.6 Å². The van der Waals surface area contributed by atoms with E-state index >= 15 is 0 Å². The maximum absolute atomic E-state index is 13.5. The first-order valence-electron chi connectivity index (χ1n) is 13.2. The number of benzene rings is 2. The summed E-state index contributed by atoms with van der Waals surface area (Å²) in [5.41, 5.74) is 1.73. The Hall–Kier alpha value is -2.97. The lowest BCUT2D eigenvalue weighted by molar-refractivity contribution is -0.144. The van der Waals surface area contributed by atoms with Gasteiger partial charge in [0.2, 0.25) is 12.7 Å². The van der Waals surface area contributed by atoms with Crippen LogP contribution < -0.4 is 14.2 Å². The van der Waals surface area contributed by atoms with Gasteiger partial charge in [0, 0.05) is 31.6 Å². The van der Waals surface area contributed by atoms with E-state index in [0.29, 0.717) is 23.8 Å². The molecule has 0 spiro atoms. The SMILES string of the molecule is CCCCN(CCCC)C(=O)CN1CC(c2ccc3c(c2)OCO3)[C@H](C(=O)O)[C@H]1c1ccc(OC)cc1.Cl. The van der Waals surface area contributed by atoms with Crippen LogP contribution in [-0.4, -0.2) is 66.9 Å². The average molecular weight is 547 g/mol. The number of fused-ring (bicyclic) bond motifs is 1. The smallest absolute Gasteiger partial charge is 0.309 e. The van der Waals surface area contributed by atoms with Gasteiger partial charge in [0.05, 0.1) is 19.6 Å². The Kier molecular flexibility index (Phi) is 10.7. The molecule has 0 bridgehead atoms. The number of hydrogen-bond donors (Lipinski definition) is 1. The van der Waals surface area contributed by atoms with Crippen LogP contribution in [0.2, 0.25) is 0 Å². The number of carbonyl (C=O) groups excluding carboxylic acids is 1. The van der Waals surface area contributed by atoms with Crippen LogP contribution in [-0.2, 0) is 9.59 Å². The third kappa shape index (κ3) is 6.53. The van der Waals surface area contributed by atoms with E-state index in [9.17, 15) is 14.7 Å². The summed E-state index contributed by atoms with van der Waals surface area (Å²) in [6.45, 7) is 6.48. The van der Waals surface area contributed by atoms with Crippen LogP contribution in [0.3, 0.4) is 0 Å². The molecule has 0 aliphatic carbocycles. The number of aliphatic carboxylic acids is 1. The fourth-order valence-corrected chi connectivity index (χ4v) is 5.41. The van der Waals surface area contributed by atoms with Crippen LogP contribution in [0, 0.1) is 5.92 Å². The molecule has 9 heteroatoms. The first kappa shape index (κ1) is 29.6. The molecule has 1 amide bonds. The summed E-state index contributed by atoms with van der Waals surface area (Å²) in [6.07, 6.45) is 3.94. The van der Waals surface area contributed by atoms with E-state index in [0.717, 1.165) is 49.9 Å². The van der Waals surface area contributed by atoms with E-state index in [2.05, 4.69) is 13.8 Å². The fraction of sp³-hybridized carbons (Fsp3) is 0.517. The number of halogens is 1. The molecule has 1 fully saturated rings. The Morgan fingerprint density at radius 3 is 2.24 bits per heavy atom. The van der Waals surface area contributed by atoms with Crippen molar-refractivity contribution in [3.63, 3.8) is 0 Å². The Morgan fingerprint density at radius 2 is 1.63 bits per heavy atom. The normalized spacial score (nSPS) is 20.1. The molecule has 1 saturated heterocycles. The highest BCUT2D eigenvalue weighted by Gasteiger charge is 2.48. The Morgan fingerprint density at radius 1 is 1.00 bits per heavy atom. The number of rotatable bonds is 12. The third-order valence-electron chi connectivity index (χ3n) is 7.42. The van der Waals surface area contributed by atoms with Crippen molar-refractivity contribution < 1.29 is 28.9 Å². The Labute approximate surface area is 231 Å². The van der Waals surface area contributed by atoms with Crippen molar-refractivity contribution in [2.75, 3.05) is 40.1 Å². The standard InChI is InChI=1S/C29H38N2O6.ClH/c1-4-6-14-30(15-7-5-2)26(32)18-31-17-23(21-10-13-24-25(16-21)37-19-36-24)27(29(33)34)28(31)20-8-11-22(35-3)12-9-20;/h8-13,16,23,27-28H,4-7,14-15,17-19H2,1-3H3,(H,33,34);1H/t23?,27-,28+;/m0./s1. The summed E-state index contributed by atoms with van der Waals surface area (Å²) in [4.78, 5) is 30.3. The molecule has 2 aliphatic heterocycles. The molecule has 208 valence electrons. The van der Waals surface area contributed by atoms with E-state index in [1.54, 1.807) is 7.11 Å². The molecule has 4 rings (SSSR count). The molecule has 0 saturated carbocycles. The number of carboxylic acid groups (broad SMARTS) is 1. The lowest BCUT2D eigenvalue weighted by atomic mass is 9.82. The number of carboxylic acids is 1. The lowest BCUT2D eigenvalue weighted by Crippen LogP contribution is -2.42. The summed E-state index contributed by atoms with van der Waals surface area (Å²) in [5, 5.41) is 10.5. The molecule has 2 aromatic rings. The van der Waals surface area contributed by atoms with Crippen LogP contribution in [0.25, 0.3) is 0 Å². The molecule has 2 aromatic carbocycles. The first-order valence-corrected chi connectivity index (χ1v) is 13.2. The minimum atomic E-state index is -0.882. The van der Waals surface area contributed by atoms with E-state index in [1.807, 2.05) is 52.3 Å². The van der Waals surface area contributed by atoms with E-state index in [4.69, 9.17) is 14.2 Å². The summed E-state index contributed by atoms with van der Waals surface area (Å²) < 4.78 is 16.3. The monoisotopic (exact) mass is 546 g/mol.